The topological polar surface area (TPSA) is 63.7 Å². The van der Waals surface area contributed by atoms with Gasteiger partial charge in [0.15, 0.2) is 0 Å². The molecule has 5 heteroatoms. The zero-order valence-electron chi connectivity index (χ0n) is 17.4. The molecule has 4 aliphatic carbocycles. The number of esters is 1. The highest BCUT2D eigenvalue weighted by Crippen LogP contribution is 2.60. The van der Waals surface area contributed by atoms with Gasteiger partial charge in [0, 0.05) is 5.41 Å². The van der Waals surface area contributed by atoms with Gasteiger partial charge in [-0.3, -0.25) is 9.59 Å². The van der Waals surface area contributed by atoms with E-state index in [4.69, 9.17) is 4.74 Å². The molecule has 5 aliphatic rings. The van der Waals surface area contributed by atoms with Crippen molar-refractivity contribution in [3.05, 3.63) is 65.2 Å². The number of nitrogens with zero attached hydrogens (tertiary/aromatic N) is 1. The normalized spacial score (nSPS) is 30.6. The first-order valence-corrected chi connectivity index (χ1v) is 11.3. The van der Waals surface area contributed by atoms with E-state index < -0.39 is 0 Å². The van der Waals surface area contributed by atoms with Crippen molar-refractivity contribution >= 4 is 23.5 Å². The number of amides is 2. The molecule has 2 aromatic carbocycles. The molecule has 158 valence electrons. The van der Waals surface area contributed by atoms with Crippen molar-refractivity contribution in [2.45, 2.75) is 38.5 Å². The summed E-state index contributed by atoms with van der Waals surface area (Å²) >= 11 is 0. The van der Waals surface area contributed by atoms with Crippen LogP contribution in [0, 0.1) is 23.2 Å². The largest absolute Gasteiger partial charge is 0.462 e. The van der Waals surface area contributed by atoms with Crippen LogP contribution in [0.15, 0.2) is 48.5 Å². The van der Waals surface area contributed by atoms with E-state index in [0.29, 0.717) is 29.0 Å². The van der Waals surface area contributed by atoms with Crippen molar-refractivity contribution in [2.24, 2.45) is 23.2 Å². The van der Waals surface area contributed by atoms with Gasteiger partial charge in [0.2, 0.25) is 0 Å². The highest BCUT2D eigenvalue weighted by molar-refractivity contribution is 6.34. The summed E-state index contributed by atoms with van der Waals surface area (Å²) in [6.07, 6.45) is 7.62. The predicted molar refractivity (Wildman–Crippen MR) is 115 cm³/mol. The Balaban J connectivity index is 1.19. The number of carbonyl (C=O) groups is 3. The van der Waals surface area contributed by atoms with Crippen LogP contribution in [0.5, 0.6) is 0 Å². The lowest BCUT2D eigenvalue weighted by atomic mass is 9.50. The summed E-state index contributed by atoms with van der Waals surface area (Å²) in [5, 5.41) is 0. The number of anilines is 1. The second-order valence-electron chi connectivity index (χ2n) is 10.0. The Kier molecular flexibility index (Phi) is 4.11. The highest BCUT2D eigenvalue weighted by Gasteiger charge is 2.51. The Labute approximate surface area is 181 Å². The third kappa shape index (κ3) is 3.01. The molecule has 4 saturated carbocycles. The fraction of sp³-hybridized carbons (Fsp3) is 0.423. The summed E-state index contributed by atoms with van der Waals surface area (Å²) in [5.74, 6) is 1.32. The molecule has 0 saturated heterocycles. The minimum atomic E-state index is -0.380. The van der Waals surface area contributed by atoms with Gasteiger partial charge < -0.3 is 4.74 Å². The Morgan fingerprint density at radius 1 is 0.871 bits per heavy atom. The van der Waals surface area contributed by atoms with E-state index in [9.17, 15) is 14.4 Å². The van der Waals surface area contributed by atoms with Gasteiger partial charge in [-0.2, -0.15) is 0 Å². The van der Waals surface area contributed by atoms with Gasteiger partial charge in [-0.1, -0.05) is 18.2 Å². The third-order valence-electron chi connectivity index (χ3n) is 7.81. The third-order valence-corrected chi connectivity index (χ3v) is 7.81. The summed E-state index contributed by atoms with van der Waals surface area (Å²) in [5.41, 5.74) is 1.71. The van der Waals surface area contributed by atoms with Crippen LogP contribution in [-0.4, -0.2) is 24.4 Å². The van der Waals surface area contributed by atoms with Crippen molar-refractivity contribution in [1.82, 2.24) is 0 Å². The molecule has 1 heterocycles. The van der Waals surface area contributed by atoms with E-state index >= 15 is 0 Å². The van der Waals surface area contributed by atoms with Gasteiger partial charge >= 0.3 is 5.97 Å². The number of fused-ring (bicyclic) bond motifs is 1. The first-order valence-electron chi connectivity index (χ1n) is 11.3. The lowest BCUT2D eigenvalue weighted by Crippen LogP contribution is -2.48. The summed E-state index contributed by atoms with van der Waals surface area (Å²) < 4.78 is 5.82. The van der Waals surface area contributed by atoms with E-state index in [0.717, 1.165) is 22.7 Å². The second-order valence-corrected chi connectivity index (χ2v) is 10.0. The summed E-state index contributed by atoms with van der Waals surface area (Å²) in [6, 6.07) is 13.4. The van der Waals surface area contributed by atoms with Crippen molar-refractivity contribution in [3.8, 4) is 0 Å². The molecule has 5 nitrogen and oxygen atoms in total. The molecular formula is C26H25NO4. The minimum absolute atomic E-state index is 0.157. The van der Waals surface area contributed by atoms with Crippen LogP contribution in [0.3, 0.4) is 0 Å². The van der Waals surface area contributed by atoms with Crippen LogP contribution in [0.25, 0.3) is 0 Å². The van der Waals surface area contributed by atoms with Crippen LogP contribution in [0.4, 0.5) is 5.69 Å². The maximum Gasteiger partial charge on any atom is 0.338 e. The first kappa shape index (κ1) is 18.8. The molecular weight excluding hydrogens is 390 g/mol. The number of hydrogen-bond donors (Lipinski definition) is 0. The van der Waals surface area contributed by atoms with Crippen LogP contribution >= 0.6 is 0 Å². The molecule has 0 aromatic heterocycles. The van der Waals surface area contributed by atoms with Crippen LogP contribution in [0.1, 0.15) is 69.6 Å². The van der Waals surface area contributed by atoms with Crippen molar-refractivity contribution < 1.29 is 19.1 Å². The van der Waals surface area contributed by atoms with Crippen molar-refractivity contribution in [3.63, 3.8) is 0 Å². The fourth-order valence-corrected chi connectivity index (χ4v) is 6.96. The second kappa shape index (κ2) is 6.78. The highest BCUT2D eigenvalue weighted by atomic mass is 16.5. The van der Waals surface area contributed by atoms with E-state index in [-0.39, 0.29) is 23.2 Å². The Hall–Kier alpha value is -2.95. The Morgan fingerprint density at radius 3 is 2.03 bits per heavy atom. The molecule has 31 heavy (non-hydrogen) atoms. The van der Waals surface area contributed by atoms with Gasteiger partial charge in [0.25, 0.3) is 11.8 Å². The van der Waals surface area contributed by atoms with Gasteiger partial charge in [0.05, 0.1) is 29.0 Å². The molecule has 0 spiro atoms. The summed E-state index contributed by atoms with van der Waals surface area (Å²) in [7, 11) is 0. The summed E-state index contributed by atoms with van der Waals surface area (Å²) in [4.78, 5) is 39.5. The molecule has 0 N–H and O–H groups in total. The molecule has 0 unspecified atom stereocenters. The van der Waals surface area contributed by atoms with Crippen LogP contribution < -0.4 is 4.90 Å². The lowest BCUT2D eigenvalue weighted by molar-refractivity contribution is -0.0848. The molecule has 0 radical (unpaired) electrons. The number of carbonyl (C=O) groups excluding carboxylic acids is 3. The van der Waals surface area contributed by atoms with Gasteiger partial charge in [-0.15, -0.1) is 0 Å². The maximum absolute atomic E-state index is 12.9. The molecule has 2 amide bonds. The molecule has 7 rings (SSSR count). The number of ether oxygens (including phenoxy) is 1. The maximum atomic E-state index is 12.9. The lowest BCUT2D eigenvalue weighted by Gasteiger charge is -2.56. The molecule has 4 fully saturated rings. The SMILES string of the molecule is O=C(OCC12CC3CC(CC(C3)C1)C2)c1cccc(N2C(=O)c3ccccc3C2=O)c1. The zero-order chi connectivity index (χ0) is 21.2. The average Bonchev–Trinajstić information content (AvgIpc) is 3.02. The molecule has 2 aromatic rings. The van der Waals surface area contributed by atoms with Crippen molar-refractivity contribution in [2.75, 3.05) is 11.5 Å². The van der Waals surface area contributed by atoms with Gasteiger partial charge in [-0.05, 0) is 86.6 Å². The monoisotopic (exact) mass is 415 g/mol. The molecule has 1 aliphatic heterocycles. The predicted octanol–water partition coefficient (Wildman–Crippen LogP) is 4.86. The standard InChI is InChI=1S/C26H25NO4/c28-23-21-6-1-2-7-22(21)24(29)27(23)20-5-3-4-19(11-20)25(30)31-15-26-12-16-8-17(13-26)10-18(9-16)14-26/h1-7,11,16-18H,8-10,12-15H2. The summed E-state index contributed by atoms with van der Waals surface area (Å²) in [6.45, 7) is 0.479. The van der Waals surface area contributed by atoms with Crippen LogP contribution in [0.2, 0.25) is 0 Å². The van der Waals surface area contributed by atoms with Crippen LogP contribution in [-0.2, 0) is 4.74 Å². The number of imide groups is 1. The number of benzene rings is 2. The van der Waals surface area contributed by atoms with E-state index in [2.05, 4.69) is 0 Å². The van der Waals surface area contributed by atoms with Gasteiger partial charge in [-0.25, -0.2) is 9.69 Å². The zero-order valence-corrected chi connectivity index (χ0v) is 17.4. The first-order chi connectivity index (χ1) is 15.0. The Bertz CT molecular complexity index is 1030. The number of hydrogen-bond acceptors (Lipinski definition) is 4. The van der Waals surface area contributed by atoms with E-state index in [1.165, 1.54) is 38.5 Å². The Morgan fingerprint density at radius 2 is 1.45 bits per heavy atom. The van der Waals surface area contributed by atoms with Gasteiger partial charge in [0.1, 0.15) is 0 Å². The molecule has 4 bridgehead atoms. The number of rotatable bonds is 4. The fourth-order valence-electron chi connectivity index (χ4n) is 6.96. The minimum Gasteiger partial charge on any atom is -0.462 e. The van der Waals surface area contributed by atoms with E-state index in [1.807, 2.05) is 0 Å². The smallest absolute Gasteiger partial charge is 0.338 e. The molecule has 0 atom stereocenters. The van der Waals surface area contributed by atoms with Crippen molar-refractivity contribution in [1.29, 1.82) is 0 Å². The van der Waals surface area contributed by atoms with E-state index in [1.54, 1.807) is 48.5 Å². The quantitative estimate of drug-likeness (QED) is 0.528. The average molecular weight is 415 g/mol.